The van der Waals surface area contributed by atoms with Gasteiger partial charge >= 0.3 is 0 Å². The number of alkyl halides is 1. The number of carbonyl (C=O) groups excluding carboxylic acids is 1. The molecule has 96 valence electrons. The molecule has 1 amide bonds. The first-order valence-corrected chi connectivity index (χ1v) is 7.52. The summed E-state index contributed by atoms with van der Waals surface area (Å²) in [7, 11) is 0. The van der Waals surface area contributed by atoms with Crippen molar-refractivity contribution in [3.63, 3.8) is 0 Å². The van der Waals surface area contributed by atoms with Gasteiger partial charge in [0.2, 0.25) is 5.91 Å². The third-order valence-corrected chi connectivity index (χ3v) is 5.02. The number of fused-ring (bicyclic) bond motifs is 1. The number of benzene rings is 1. The maximum atomic E-state index is 11.9. The minimum Gasteiger partial charge on any atom is -0.301 e. The molecule has 2 aromatic rings. The first-order valence-electron chi connectivity index (χ1n) is 5.79. The van der Waals surface area contributed by atoms with E-state index in [1.807, 2.05) is 32.9 Å². The van der Waals surface area contributed by atoms with Crippen molar-refractivity contribution in [2.24, 2.45) is 5.92 Å². The van der Waals surface area contributed by atoms with Gasteiger partial charge in [-0.3, -0.25) is 4.79 Å². The van der Waals surface area contributed by atoms with E-state index < -0.39 is 0 Å². The molecule has 1 N–H and O–H groups in total. The highest BCUT2D eigenvalue weighted by molar-refractivity contribution is 9.10. The van der Waals surface area contributed by atoms with Gasteiger partial charge in [0.15, 0.2) is 5.13 Å². The summed E-state index contributed by atoms with van der Waals surface area (Å²) >= 11 is 4.89. The maximum absolute atomic E-state index is 11.9. The molecule has 2 rings (SSSR count). The van der Waals surface area contributed by atoms with Gasteiger partial charge in [-0.25, -0.2) is 4.98 Å². The molecule has 0 aliphatic carbocycles. The predicted molar refractivity (Wildman–Crippen MR) is 80.5 cm³/mol. The normalized spacial score (nSPS) is 12.9. The lowest BCUT2D eigenvalue weighted by Crippen LogP contribution is -2.26. The van der Waals surface area contributed by atoms with Crippen LogP contribution >= 0.6 is 27.3 Å². The van der Waals surface area contributed by atoms with Crippen LogP contribution in [0.2, 0.25) is 0 Å². The summed E-state index contributed by atoms with van der Waals surface area (Å²) in [6.45, 7) is 6.05. The molecule has 0 saturated heterocycles. The van der Waals surface area contributed by atoms with Crippen molar-refractivity contribution in [2.75, 3.05) is 5.32 Å². The molecule has 1 heterocycles. The zero-order chi connectivity index (χ0) is 13.3. The summed E-state index contributed by atoms with van der Waals surface area (Å²) in [5.74, 6) is 0.211. The van der Waals surface area contributed by atoms with Crippen LogP contribution in [0.3, 0.4) is 0 Å². The van der Waals surface area contributed by atoms with Crippen molar-refractivity contribution in [1.82, 2.24) is 4.98 Å². The fraction of sp³-hybridized carbons (Fsp3) is 0.385. The highest BCUT2D eigenvalue weighted by Crippen LogP contribution is 2.27. The average Bonchev–Trinajstić information content (AvgIpc) is 2.68. The van der Waals surface area contributed by atoms with E-state index >= 15 is 0 Å². The Morgan fingerprint density at radius 2 is 2.17 bits per heavy atom. The molecule has 0 radical (unpaired) electrons. The van der Waals surface area contributed by atoms with Crippen molar-refractivity contribution in [3.05, 3.63) is 23.8 Å². The van der Waals surface area contributed by atoms with Crippen LogP contribution in [0.1, 0.15) is 19.4 Å². The second-order valence-corrected chi connectivity index (χ2v) is 6.64. The number of thiazole rings is 1. The zero-order valence-corrected chi connectivity index (χ0v) is 12.9. The number of carbonyl (C=O) groups is 1. The van der Waals surface area contributed by atoms with E-state index in [0.717, 1.165) is 10.2 Å². The Kier molecular flexibility index (Phi) is 4.02. The van der Waals surface area contributed by atoms with Gasteiger partial charge in [-0.05, 0) is 30.5 Å². The molecular formula is C13H15BrN2OS. The van der Waals surface area contributed by atoms with Crippen molar-refractivity contribution >= 4 is 48.5 Å². The number of nitrogens with one attached hydrogen (secondary N) is 1. The monoisotopic (exact) mass is 326 g/mol. The summed E-state index contributed by atoms with van der Waals surface area (Å²) < 4.78 is 1.10. The second kappa shape index (κ2) is 5.36. The number of hydrogen-bond acceptors (Lipinski definition) is 3. The van der Waals surface area contributed by atoms with Gasteiger partial charge in [0.25, 0.3) is 0 Å². The molecule has 0 fully saturated rings. The van der Waals surface area contributed by atoms with Gasteiger partial charge in [0.05, 0.1) is 15.0 Å². The number of halogens is 1. The zero-order valence-electron chi connectivity index (χ0n) is 10.5. The largest absolute Gasteiger partial charge is 0.301 e. The van der Waals surface area contributed by atoms with Crippen molar-refractivity contribution in [3.8, 4) is 0 Å². The molecule has 5 heteroatoms. The standard InChI is InChI=1S/C13H15BrN2OS/c1-7(2)11(14)12(17)16-13-15-9-5-4-8(3)6-10(9)18-13/h4-7,11H,1-3H3,(H,15,16,17)/t11-/m1/s1. The maximum Gasteiger partial charge on any atom is 0.240 e. The van der Waals surface area contributed by atoms with Crippen LogP contribution in [0.25, 0.3) is 10.2 Å². The van der Waals surface area contributed by atoms with Crippen LogP contribution in [0.15, 0.2) is 18.2 Å². The van der Waals surface area contributed by atoms with Crippen LogP contribution in [-0.4, -0.2) is 15.7 Å². The second-order valence-electron chi connectivity index (χ2n) is 4.63. The summed E-state index contributed by atoms with van der Waals surface area (Å²) in [5.41, 5.74) is 2.13. The molecule has 0 aliphatic heterocycles. The lowest BCUT2D eigenvalue weighted by Gasteiger charge is -2.11. The summed E-state index contributed by atoms with van der Waals surface area (Å²) in [5, 5.41) is 3.51. The Hall–Kier alpha value is -0.940. The number of aryl methyl sites for hydroxylation is 1. The van der Waals surface area contributed by atoms with Crippen LogP contribution in [0.5, 0.6) is 0 Å². The molecule has 0 bridgehead atoms. The Bertz CT molecular complexity index is 579. The van der Waals surface area contributed by atoms with E-state index in [1.165, 1.54) is 16.9 Å². The summed E-state index contributed by atoms with van der Waals surface area (Å²) in [6, 6.07) is 6.08. The molecule has 3 nitrogen and oxygen atoms in total. The third kappa shape index (κ3) is 2.90. The molecule has 0 spiro atoms. The Morgan fingerprint density at radius 1 is 1.44 bits per heavy atom. The van der Waals surface area contributed by atoms with Gasteiger partial charge in [0.1, 0.15) is 0 Å². The first-order chi connectivity index (χ1) is 8.47. The number of anilines is 1. The fourth-order valence-corrected chi connectivity index (χ4v) is 2.64. The lowest BCUT2D eigenvalue weighted by atomic mass is 10.1. The third-order valence-electron chi connectivity index (χ3n) is 2.61. The Balaban J connectivity index is 2.20. The molecule has 18 heavy (non-hydrogen) atoms. The van der Waals surface area contributed by atoms with E-state index in [0.29, 0.717) is 5.13 Å². The average molecular weight is 327 g/mol. The molecule has 0 saturated carbocycles. The van der Waals surface area contributed by atoms with E-state index in [-0.39, 0.29) is 16.7 Å². The van der Waals surface area contributed by atoms with Crippen molar-refractivity contribution < 1.29 is 4.79 Å². The SMILES string of the molecule is Cc1ccc2nc(NC(=O)[C@H](Br)C(C)C)sc2c1. The van der Waals surface area contributed by atoms with Gasteiger partial charge in [-0.15, -0.1) is 0 Å². The lowest BCUT2D eigenvalue weighted by molar-refractivity contribution is -0.116. The minimum atomic E-state index is -0.189. The number of rotatable bonds is 3. The summed E-state index contributed by atoms with van der Waals surface area (Å²) in [6.07, 6.45) is 0. The van der Waals surface area contributed by atoms with Crippen molar-refractivity contribution in [1.29, 1.82) is 0 Å². The van der Waals surface area contributed by atoms with Crippen LogP contribution in [-0.2, 0) is 4.79 Å². The van der Waals surface area contributed by atoms with E-state index in [1.54, 1.807) is 0 Å². The van der Waals surface area contributed by atoms with Crippen LogP contribution < -0.4 is 5.32 Å². The fourth-order valence-electron chi connectivity index (χ4n) is 1.56. The molecule has 0 unspecified atom stereocenters. The van der Waals surface area contributed by atoms with Crippen LogP contribution in [0, 0.1) is 12.8 Å². The van der Waals surface area contributed by atoms with Gasteiger partial charge in [0, 0.05) is 0 Å². The highest BCUT2D eigenvalue weighted by atomic mass is 79.9. The molecular weight excluding hydrogens is 312 g/mol. The topological polar surface area (TPSA) is 42.0 Å². The van der Waals surface area contributed by atoms with Crippen molar-refractivity contribution in [2.45, 2.75) is 25.6 Å². The number of hydrogen-bond donors (Lipinski definition) is 1. The van der Waals surface area contributed by atoms with E-state index in [2.05, 4.69) is 32.3 Å². The summed E-state index contributed by atoms with van der Waals surface area (Å²) in [4.78, 5) is 16.1. The predicted octanol–water partition coefficient (Wildman–Crippen LogP) is 3.96. The molecule has 1 atom stereocenters. The van der Waals surface area contributed by atoms with Crippen LogP contribution in [0.4, 0.5) is 5.13 Å². The minimum absolute atomic E-state index is 0.0409. The van der Waals surface area contributed by atoms with E-state index in [4.69, 9.17) is 0 Å². The number of amides is 1. The quantitative estimate of drug-likeness (QED) is 0.867. The van der Waals surface area contributed by atoms with E-state index in [9.17, 15) is 4.79 Å². The molecule has 1 aromatic heterocycles. The van der Waals surface area contributed by atoms with Gasteiger partial charge in [-0.1, -0.05) is 47.2 Å². The number of aromatic nitrogens is 1. The molecule has 0 aliphatic rings. The number of nitrogens with zero attached hydrogens (tertiary/aromatic N) is 1. The Labute approximate surface area is 119 Å². The van der Waals surface area contributed by atoms with Gasteiger partial charge in [-0.2, -0.15) is 0 Å². The smallest absolute Gasteiger partial charge is 0.240 e. The molecule has 1 aromatic carbocycles. The highest BCUT2D eigenvalue weighted by Gasteiger charge is 2.19. The Morgan fingerprint density at radius 3 is 2.83 bits per heavy atom. The van der Waals surface area contributed by atoms with Gasteiger partial charge < -0.3 is 5.32 Å². The first kappa shape index (κ1) is 13.5.